The van der Waals surface area contributed by atoms with Crippen molar-refractivity contribution in [2.75, 3.05) is 19.7 Å². The minimum absolute atomic E-state index is 0.173. The minimum atomic E-state index is -1.06. The molecule has 7 heteroatoms. The van der Waals surface area contributed by atoms with E-state index in [2.05, 4.69) is 5.32 Å². The summed E-state index contributed by atoms with van der Waals surface area (Å²) < 4.78 is 34.3. The van der Waals surface area contributed by atoms with Gasteiger partial charge in [-0.1, -0.05) is 24.3 Å². The highest BCUT2D eigenvalue weighted by molar-refractivity contribution is 5.79. The highest BCUT2D eigenvalue weighted by Gasteiger charge is 2.29. The summed E-state index contributed by atoms with van der Waals surface area (Å²) in [5.74, 6) is -1.32. The molecule has 1 aliphatic heterocycles. The molecule has 0 bridgehead atoms. The molecule has 1 N–H and O–H groups in total. The predicted molar refractivity (Wildman–Crippen MR) is 109 cm³/mol. The average Bonchev–Trinajstić information content (AvgIpc) is 2.72. The molecule has 0 radical (unpaired) electrons. The number of hydrogen-bond donors (Lipinski definition) is 1. The largest absolute Gasteiger partial charge is 0.493 e. The van der Waals surface area contributed by atoms with Gasteiger partial charge in [-0.15, -0.1) is 0 Å². The molecule has 1 heterocycles. The second kappa shape index (κ2) is 10.2. The second-order valence-electron chi connectivity index (χ2n) is 7.56. The van der Waals surface area contributed by atoms with Crippen LogP contribution in [0.5, 0.6) is 5.75 Å². The zero-order valence-electron chi connectivity index (χ0n) is 16.9. The van der Waals surface area contributed by atoms with Gasteiger partial charge in [0.05, 0.1) is 19.1 Å². The predicted octanol–water partition coefficient (Wildman–Crippen LogP) is 3.85. The summed E-state index contributed by atoms with van der Waals surface area (Å²) in [6.07, 6.45) is 1.56. The van der Waals surface area contributed by atoms with Gasteiger partial charge in [0.1, 0.15) is 17.4 Å². The Labute approximate surface area is 175 Å². The minimum Gasteiger partial charge on any atom is -0.493 e. The molecule has 2 aromatic carbocycles. The zero-order chi connectivity index (χ0) is 21.5. The zero-order valence-corrected chi connectivity index (χ0v) is 16.9. The number of nitrogens with one attached hydrogen (secondary N) is 1. The van der Waals surface area contributed by atoms with Gasteiger partial charge in [0.2, 0.25) is 11.8 Å². The van der Waals surface area contributed by atoms with E-state index < -0.39 is 23.6 Å². The van der Waals surface area contributed by atoms with Crippen molar-refractivity contribution in [3.63, 3.8) is 0 Å². The van der Waals surface area contributed by atoms with Crippen LogP contribution in [-0.2, 0) is 9.59 Å². The Balaban J connectivity index is 1.64. The SMILES string of the molecule is CC(=O)NC(CC(=O)N1CCCC(COc2ccccc2)C1)c1c(F)cccc1F. The number of rotatable bonds is 7. The van der Waals surface area contributed by atoms with Crippen molar-refractivity contribution in [1.82, 2.24) is 10.2 Å². The summed E-state index contributed by atoms with van der Waals surface area (Å²) in [6.45, 7) is 2.84. The first-order valence-corrected chi connectivity index (χ1v) is 10.1. The third-order valence-electron chi connectivity index (χ3n) is 5.21. The molecule has 30 heavy (non-hydrogen) atoms. The third-order valence-corrected chi connectivity index (χ3v) is 5.21. The summed E-state index contributed by atoms with van der Waals surface area (Å²) in [5.41, 5.74) is -0.290. The highest BCUT2D eigenvalue weighted by atomic mass is 19.1. The van der Waals surface area contributed by atoms with Crippen LogP contribution in [0, 0.1) is 17.6 Å². The van der Waals surface area contributed by atoms with Crippen LogP contribution in [-0.4, -0.2) is 36.4 Å². The van der Waals surface area contributed by atoms with E-state index in [9.17, 15) is 18.4 Å². The lowest BCUT2D eigenvalue weighted by Crippen LogP contribution is -2.43. The first kappa shape index (κ1) is 21.7. The topological polar surface area (TPSA) is 58.6 Å². The van der Waals surface area contributed by atoms with E-state index in [0.717, 1.165) is 30.7 Å². The molecule has 1 saturated heterocycles. The van der Waals surface area contributed by atoms with Crippen molar-refractivity contribution in [2.24, 2.45) is 5.92 Å². The van der Waals surface area contributed by atoms with Crippen molar-refractivity contribution in [3.05, 3.63) is 65.7 Å². The van der Waals surface area contributed by atoms with E-state index in [0.29, 0.717) is 19.7 Å². The molecule has 2 amide bonds. The summed E-state index contributed by atoms with van der Waals surface area (Å²) in [7, 11) is 0. The molecule has 160 valence electrons. The molecule has 5 nitrogen and oxygen atoms in total. The summed E-state index contributed by atoms with van der Waals surface area (Å²) >= 11 is 0. The monoisotopic (exact) mass is 416 g/mol. The lowest BCUT2D eigenvalue weighted by atomic mass is 9.97. The number of amides is 2. The van der Waals surface area contributed by atoms with Gasteiger partial charge in [-0.05, 0) is 37.1 Å². The van der Waals surface area contributed by atoms with Gasteiger partial charge in [-0.2, -0.15) is 0 Å². The first-order valence-electron chi connectivity index (χ1n) is 10.1. The third kappa shape index (κ3) is 5.78. The molecule has 0 aromatic heterocycles. The Morgan fingerprint density at radius 2 is 1.83 bits per heavy atom. The number of carbonyl (C=O) groups is 2. The molecule has 0 saturated carbocycles. The van der Waals surface area contributed by atoms with E-state index in [1.807, 2.05) is 30.3 Å². The number of hydrogen-bond acceptors (Lipinski definition) is 3. The number of likely N-dealkylation sites (tertiary alicyclic amines) is 1. The Kier molecular flexibility index (Phi) is 7.38. The van der Waals surface area contributed by atoms with Gasteiger partial charge in [0.25, 0.3) is 0 Å². The van der Waals surface area contributed by atoms with E-state index in [1.165, 1.54) is 13.0 Å². The van der Waals surface area contributed by atoms with Crippen molar-refractivity contribution < 1.29 is 23.1 Å². The lowest BCUT2D eigenvalue weighted by molar-refractivity contribution is -0.134. The normalized spacial score (nSPS) is 17.3. The Morgan fingerprint density at radius 3 is 2.50 bits per heavy atom. The fourth-order valence-electron chi connectivity index (χ4n) is 3.78. The number of para-hydroxylation sites is 1. The van der Waals surface area contributed by atoms with Crippen molar-refractivity contribution in [3.8, 4) is 5.75 Å². The molecule has 0 aliphatic carbocycles. The fourth-order valence-corrected chi connectivity index (χ4v) is 3.78. The van der Waals surface area contributed by atoms with Crippen LogP contribution < -0.4 is 10.1 Å². The van der Waals surface area contributed by atoms with Gasteiger partial charge < -0.3 is 15.0 Å². The van der Waals surface area contributed by atoms with Crippen molar-refractivity contribution >= 4 is 11.8 Å². The van der Waals surface area contributed by atoms with Crippen molar-refractivity contribution in [1.29, 1.82) is 0 Å². The van der Waals surface area contributed by atoms with Crippen LogP contribution in [0.1, 0.15) is 37.8 Å². The summed E-state index contributed by atoms with van der Waals surface area (Å²) in [4.78, 5) is 26.2. The van der Waals surface area contributed by atoms with Gasteiger partial charge in [-0.25, -0.2) is 8.78 Å². The van der Waals surface area contributed by atoms with Crippen molar-refractivity contribution in [2.45, 2.75) is 32.2 Å². The fraction of sp³-hybridized carbons (Fsp3) is 0.391. The van der Waals surface area contributed by atoms with E-state index >= 15 is 0 Å². The van der Waals surface area contributed by atoms with Gasteiger partial charge >= 0.3 is 0 Å². The molecule has 2 atom stereocenters. The summed E-state index contributed by atoms with van der Waals surface area (Å²) in [6, 6.07) is 11.9. The maximum absolute atomic E-state index is 14.2. The molecular formula is C23H26F2N2O3. The van der Waals surface area contributed by atoms with Crippen LogP contribution in [0.25, 0.3) is 0 Å². The smallest absolute Gasteiger partial charge is 0.225 e. The maximum atomic E-state index is 14.2. The maximum Gasteiger partial charge on any atom is 0.225 e. The Bertz CT molecular complexity index is 856. The molecule has 3 rings (SSSR count). The average molecular weight is 416 g/mol. The van der Waals surface area contributed by atoms with E-state index in [4.69, 9.17) is 4.74 Å². The molecule has 2 unspecified atom stereocenters. The van der Waals surface area contributed by atoms with Gasteiger partial charge in [0.15, 0.2) is 0 Å². The molecule has 0 spiro atoms. The number of carbonyl (C=O) groups excluding carboxylic acids is 2. The number of piperidine rings is 1. The quantitative estimate of drug-likeness (QED) is 0.746. The second-order valence-corrected chi connectivity index (χ2v) is 7.56. The molecule has 1 aliphatic rings. The number of halogens is 2. The molecular weight excluding hydrogens is 390 g/mol. The van der Waals surface area contributed by atoms with E-state index in [1.54, 1.807) is 4.90 Å². The Morgan fingerprint density at radius 1 is 1.13 bits per heavy atom. The molecule has 1 fully saturated rings. The van der Waals surface area contributed by atoms with Crippen LogP contribution in [0.2, 0.25) is 0 Å². The standard InChI is InChI=1S/C23H26F2N2O3/c1-16(28)26-21(23-19(24)10-5-11-20(23)25)13-22(29)27-12-6-7-17(14-27)15-30-18-8-3-2-4-9-18/h2-5,8-11,17,21H,6-7,12-15H2,1H3,(H,26,28). The number of nitrogens with zero attached hydrogens (tertiary/aromatic N) is 1. The first-order chi connectivity index (χ1) is 14.4. The summed E-state index contributed by atoms with van der Waals surface area (Å²) in [5, 5.41) is 2.51. The van der Waals surface area contributed by atoms with E-state index in [-0.39, 0.29) is 23.8 Å². The molecule has 2 aromatic rings. The van der Waals surface area contributed by atoms with Crippen LogP contribution in [0.4, 0.5) is 8.78 Å². The van der Waals surface area contributed by atoms with Gasteiger partial charge in [0, 0.05) is 31.5 Å². The lowest BCUT2D eigenvalue weighted by Gasteiger charge is -2.33. The van der Waals surface area contributed by atoms with Crippen LogP contribution >= 0.6 is 0 Å². The Hall–Kier alpha value is -2.96. The number of benzene rings is 2. The van der Waals surface area contributed by atoms with Crippen LogP contribution in [0.3, 0.4) is 0 Å². The highest BCUT2D eigenvalue weighted by Crippen LogP contribution is 2.26. The van der Waals surface area contributed by atoms with Gasteiger partial charge in [-0.3, -0.25) is 9.59 Å². The van der Waals surface area contributed by atoms with Crippen LogP contribution in [0.15, 0.2) is 48.5 Å². The number of ether oxygens (including phenoxy) is 1.